The van der Waals surface area contributed by atoms with Gasteiger partial charge < -0.3 is 4.98 Å². The molecule has 0 saturated heterocycles. The summed E-state index contributed by atoms with van der Waals surface area (Å²) < 4.78 is 1.74. The largest absolute Gasteiger partial charge is 0.332 e. The molecule has 98 valence electrons. The Labute approximate surface area is 106 Å². The van der Waals surface area contributed by atoms with Gasteiger partial charge in [0, 0.05) is 12.7 Å². The van der Waals surface area contributed by atoms with Crippen molar-refractivity contribution in [2.45, 2.75) is 13.8 Å². The molecule has 0 unspecified atom stereocenters. The molecule has 3 N–H and O–H groups in total. The number of hydrogen-bond donors (Lipinski definition) is 3. The molecule has 0 aliphatic carbocycles. The number of hydrogen-bond acceptors (Lipinski definition) is 4. The summed E-state index contributed by atoms with van der Waals surface area (Å²) in [5, 5.41) is 4.30. The molecule has 0 aliphatic heterocycles. The van der Waals surface area contributed by atoms with Crippen molar-refractivity contribution in [2.24, 2.45) is 7.05 Å². The third kappa shape index (κ3) is 1.60. The minimum atomic E-state index is -0.574. The van der Waals surface area contributed by atoms with Gasteiger partial charge in [0.15, 0.2) is 5.65 Å². The summed E-state index contributed by atoms with van der Waals surface area (Å²) in [6.45, 7) is 3.78. The normalized spacial score (nSPS) is 11.3. The predicted molar refractivity (Wildman–Crippen MR) is 69.0 cm³/mol. The second-order valence-corrected chi connectivity index (χ2v) is 4.39. The Hall–Kier alpha value is -2.64. The maximum Gasteiger partial charge on any atom is 0.327 e. The Morgan fingerprint density at radius 2 is 1.84 bits per heavy atom. The van der Waals surface area contributed by atoms with Crippen LogP contribution in [-0.2, 0) is 7.05 Å². The van der Waals surface area contributed by atoms with Gasteiger partial charge in [-0.15, -0.1) is 0 Å². The van der Waals surface area contributed by atoms with E-state index in [1.807, 2.05) is 20.9 Å². The van der Waals surface area contributed by atoms with Crippen molar-refractivity contribution in [3.05, 3.63) is 32.2 Å². The van der Waals surface area contributed by atoms with E-state index in [2.05, 4.69) is 25.0 Å². The van der Waals surface area contributed by atoms with Gasteiger partial charge >= 0.3 is 5.69 Å². The van der Waals surface area contributed by atoms with Gasteiger partial charge in [-0.05, 0) is 13.8 Å². The molecule has 0 aromatic carbocycles. The number of nitrogens with zero attached hydrogens (tertiary/aromatic N) is 3. The van der Waals surface area contributed by atoms with E-state index >= 15 is 0 Å². The highest BCUT2D eigenvalue weighted by Gasteiger charge is 2.16. The quantitative estimate of drug-likeness (QED) is 0.569. The SMILES string of the molecule is Cc1nn(C)c(C)c1-c1nc2[nH]c(=O)[nH]c(=O)c2[nH]1. The Morgan fingerprint density at radius 1 is 1.11 bits per heavy atom. The third-order valence-electron chi connectivity index (χ3n) is 3.14. The standard InChI is InChI=1S/C11H12N6O2/c1-4-6(5(2)17(3)16-4)8-12-7-9(13-8)14-11(19)15-10(7)18/h1-3H3,(H3,12,13,14,15,18,19). The molecule has 3 aromatic heterocycles. The molecular formula is C11H12N6O2. The zero-order valence-corrected chi connectivity index (χ0v) is 10.7. The monoisotopic (exact) mass is 260 g/mol. The highest BCUT2D eigenvalue weighted by molar-refractivity contribution is 5.76. The smallest absolute Gasteiger partial charge is 0.327 e. The van der Waals surface area contributed by atoms with Crippen molar-refractivity contribution in [3.63, 3.8) is 0 Å². The maximum absolute atomic E-state index is 11.7. The molecule has 0 bridgehead atoms. The number of rotatable bonds is 1. The minimum Gasteiger partial charge on any atom is -0.332 e. The van der Waals surface area contributed by atoms with Gasteiger partial charge in [-0.1, -0.05) is 0 Å². The van der Waals surface area contributed by atoms with Crippen molar-refractivity contribution in [1.29, 1.82) is 0 Å². The molecule has 0 aliphatic rings. The van der Waals surface area contributed by atoms with Crippen molar-refractivity contribution in [1.82, 2.24) is 29.7 Å². The maximum atomic E-state index is 11.7. The van der Waals surface area contributed by atoms with Crippen LogP contribution in [0.4, 0.5) is 0 Å². The lowest BCUT2D eigenvalue weighted by molar-refractivity contribution is 0.731. The number of aryl methyl sites for hydroxylation is 2. The van der Waals surface area contributed by atoms with Gasteiger partial charge in [0.05, 0.1) is 11.3 Å². The molecule has 19 heavy (non-hydrogen) atoms. The summed E-state index contributed by atoms with van der Waals surface area (Å²) in [6.07, 6.45) is 0. The van der Waals surface area contributed by atoms with E-state index in [1.165, 1.54) is 0 Å². The van der Waals surface area contributed by atoms with E-state index in [0.29, 0.717) is 5.82 Å². The molecule has 0 radical (unpaired) electrons. The average molecular weight is 260 g/mol. The zero-order chi connectivity index (χ0) is 13.7. The van der Waals surface area contributed by atoms with E-state index in [0.717, 1.165) is 17.0 Å². The summed E-state index contributed by atoms with van der Waals surface area (Å²) in [5.74, 6) is 0.519. The Kier molecular flexibility index (Phi) is 2.21. The molecule has 3 rings (SSSR count). The van der Waals surface area contributed by atoms with E-state index in [4.69, 9.17) is 0 Å². The highest BCUT2D eigenvalue weighted by Crippen LogP contribution is 2.24. The van der Waals surface area contributed by atoms with E-state index in [-0.39, 0.29) is 11.2 Å². The second-order valence-electron chi connectivity index (χ2n) is 4.39. The van der Waals surface area contributed by atoms with Crippen LogP contribution in [0, 0.1) is 13.8 Å². The van der Waals surface area contributed by atoms with Gasteiger partial charge in [0.25, 0.3) is 5.56 Å². The van der Waals surface area contributed by atoms with Crippen LogP contribution < -0.4 is 11.2 Å². The number of nitrogens with one attached hydrogen (secondary N) is 3. The molecule has 0 atom stereocenters. The molecule has 8 heteroatoms. The first-order valence-corrected chi connectivity index (χ1v) is 5.70. The average Bonchev–Trinajstić information content (AvgIpc) is 2.81. The number of aromatic nitrogens is 6. The first kappa shape index (κ1) is 11.5. The molecule has 0 amide bonds. The molecule has 3 heterocycles. The van der Waals surface area contributed by atoms with E-state index in [9.17, 15) is 9.59 Å². The van der Waals surface area contributed by atoms with Crippen LogP contribution in [0.15, 0.2) is 9.59 Å². The van der Waals surface area contributed by atoms with Crippen LogP contribution >= 0.6 is 0 Å². The number of fused-ring (bicyclic) bond motifs is 1. The third-order valence-corrected chi connectivity index (χ3v) is 3.14. The summed E-state index contributed by atoms with van der Waals surface area (Å²) in [4.78, 5) is 34.7. The van der Waals surface area contributed by atoms with Gasteiger partial charge in [-0.2, -0.15) is 5.10 Å². The molecular weight excluding hydrogens is 248 g/mol. The topological polar surface area (TPSA) is 112 Å². The van der Waals surface area contributed by atoms with Crippen molar-refractivity contribution in [3.8, 4) is 11.4 Å². The summed E-state index contributed by atoms with van der Waals surface area (Å²) >= 11 is 0. The van der Waals surface area contributed by atoms with Gasteiger partial charge in [-0.3, -0.25) is 19.4 Å². The molecule has 8 nitrogen and oxygen atoms in total. The molecule has 0 spiro atoms. The van der Waals surface area contributed by atoms with Crippen LogP contribution in [0.25, 0.3) is 22.6 Å². The summed E-state index contributed by atoms with van der Waals surface area (Å²) in [5.41, 5.74) is 1.99. The molecule has 3 aromatic rings. The van der Waals surface area contributed by atoms with E-state index in [1.54, 1.807) is 4.68 Å². The van der Waals surface area contributed by atoms with Crippen LogP contribution in [0.1, 0.15) is 11.4 Å². The van der Waals surface area contributed by atoms with Gasteiger partial charge in [-0.25, -0.2) is 9.78 Å². The highest BCUT2D eigenvalue weighted by atomic mass is 16.2. The number of H-pyrrole nitrogens is 3. The van der Waals surface area contributed by atoms with Crippen molar-refractivity contribution in [2.75, 3.05) is 0 Å². The second kappa shape index (κ2) is 3.67. The Bertz CT molecular complexity index is 894. The van der Waals surface area contributed by atoms with Crippen LogP contribution in [-0.4, -0.2) is 29.7 Å². The zero-order valence-electron chi connectivity index (χ0n) is 10.7. The van der Waals surface area contributed by atoms with Crippen molar-refractivity contribution >= 4 is 11.2 Å². The summed E-state index contributed by atoms with van der Waals surface area (Å²) in [6, 6.07) is 0. The lowest BCUT2D eigenvalue weighted by Gasteiger charge is -1.96. The predicted octanol–water partition coefficient (Wildman–Crippen LogP) is -0.0432. The molecule has 0 saturated carbocycles. The summed E-state index contributed by atoms with van der Waals surface area (Å²) in [7, 11) is 1.84. The first-order chi connectivity index (χ1) is 8.97. The van der Waals surface area contributed by atoms with Crippen LogP contribution in [0.3, 0.4) is 0 Å². The lowest BCUT2D eigenvalue weighted by atomic mass is 10.2. The lowest BCUT2D eigenvalue weighted by Crippen LogP contribution is -2.21. The Balaban J connectivity index is 2.35. The first-order valence-electron chi connectivity index (χ1n) is 5.70. The van der Waals surface area contributed by atoms with Crippen LogP contribution in [0.5, 0.6) is 0 Å². The van der Waals surface area contributed by atoms with Gasteiger partial charge in [0.1, 0.15) is 11.3 Å². The fourth-order valence-corrected chi connectivity index (χ4v) is 2.17. The minimum absolute atomic E-state index is 0.242. The Morgan fingerprint density at radius 3 is 2.47 bits per heavy atom. The fraction of sp³-hybridized carbons (Fsp3) is 0.273. The van der Waals surface area contributed by atoms with Crippen molar-refractivity contribution < 1.29 is 0 Å². The van der Waals surface area contributed by atoms with E-state index < -0.39 is 11.2 Å². The molecule has 0 fully saturated rings. The van der Waals surface area contributed by atoms with Gasteiger partial charge in [0.2, 0.25) is 0 Å². The fourth-order valence-electron chi connectivity index (χ4n) is 2.17. The number of aromatic amines is 3. The van der Waals surface area contributed by atoms with Crippen LogP contribution in [0.2, 0.25) is 0 Å². The number of imidazole rings is 1.